The van der Waals surface area contributed by atoms with E-state index < -0.39 is 23.8 Å². The number of amides is 4. The van der Waals surface area contributed by atoms with Crippen LogP contribution in [0.2, 0.25) is 0 Å². The minimum atomic E-state index is -4.71. The van der Waals surface area contributed by atoms with Crippen LogP contribution in [0.15, 0.2) is 66.7 Å². The molecule has 218 valence electrons. The third-order valence-corrected chi connectivity index (χ3v) is 6.28. The Bertz CT molecular complexity index is 1350. The molecule has 4 N–H and O–H groups in total. The Labute approximate surface area is 234 Å². The van der Waals surface area contributed by atoms with Gasteiger partial charge in [-0.1, -0.05) is 6.07 Å². The van der Waals surface area contributed by atoms with Gasteiger partial charge in [0.1, 0.15) is 18.1 Å². The Balaban J connectivity index is 1.30. The number of nitrogens with one attached hydrogen (secondary N) is 3. The first-order chi connectivity index (χ1) is 19.7. The zero-order chi connectivity index (χ0) is 29.4. The summed E-state index contributed by atoms with van der Waals surface area (Å²) in [6, 6.07) is 16.4. The van der Waals surface area contributed by atoms with Crippen LogP contribution in [-0.4, -0.2) is 68.6 Å². The highest BCUT2D eigenvalue weighted by Gasteiger charge is 2.35. The molecule has 1 aliphatic rings. The first kappa shape index (κ1) is 29.3. The van der Waals surface area contributed by atoms with E-state index in [0.717, 1.165) is 17.8 Å². The van der Waals surface area contributed by atoms with Gasteiger partial charge in [-0.15, -0.1) is 0 Å². The number of hydrogen-bond donors (Lipinski definition) is 4. The number of carbonyl (C=O) groups is 2. The van der Waals surface area contributed by atoms with E-state index in [1.54, 1.807) is 43.5 Å². The molecule has 0 radical (unpaired) electrons. The van der Waals surface area contributed by atoms with Crippen molar-refractivity contribution in [1.82, 2.24) is 4.90 Å². The van der Waals surface area contributed by atoms with Gasteiger partial charge in [-0.3, -0.25) is 0 Å². The molecule has 0 bridgehead atoms. The molecule has 4 amide bonds. The summed E-state index contributed by atoms with van der Waals surface area (Å²) in [7, 11) is 1.54. The van der Waals surface area contributed by atoms with Crippen LogP contribution >= 0.6 is 0 Å². The van der Waals surface area contributed by atoms with Gasteiger partial charge in [0.25, 0.3) is 0 Å². The average Bonchev–Trinajstić information content (AvgIpc) is 2.96. The lowest BCUT2D eigenvalue weighted by Gasteiger charge is -2.36. The molecule has 0 aromatic heterocycles. The van der Waals surface area contributed by atoms with Gasteiger partial charge in [0.2, 0.25) is 0 Å². The fourth-order valence-electron chi connectivity index (χ4n) is 4.23. The molecule has 1 aliphatic heterocycles. The summed E-state index contributed by atoms with van der Waals surface area (Å²) in [5.41, 5.74) is 0.631. The lowest BCUT2D eigenvalue weighted by atomic mass is 10.1. The van der Waals surface area contributed by atoms with Gasteiger partial charge in [-0.25, -0.2) is 9.59 Å². The largest absolute Gasteiger partial charge is 0.497 e. The van der Waals surface area contributed by atoms with Crippen LogP contribution in [0.25, 0.3) is 0 Å². The number of hydrogen-bond acceptors (Lipinski definition) is 6. The maximum atomic E-state index is 13.6. The van der Waals surface area contributed by atoms with Gasteiger partial charge >= 0.3 is 18.2 Å². The Morgan fingerprint density at radius 3 is 2.24 bits per heavy atom. The zero-order valence-electron chi connectivity index (χ0n) is 22.2. The highest BCUT2D eigenvalue weighted by atomic mass is 19.4. The lowest BCUT2D eigenvalue weighted by molar-refractivity contribution is -0.137. The van der Waals surface area contributed by atoms with Crippen LogP contribution < -0.4 is 30.3 Å². The number of benzene rings is 3. The number of ether oxygens (including phenoxy) is 2. The van der Waals surface area contributed by atoms with Crippen molar-refractivity contribution in [2.24, 2.45) is 0 Å². The fourth-order valence-corrected chi connectivity index (χ4v) is 4.23. The van der Waals surface area contributed by atoms with Crippen LogP contribution in [0.4, 0.5) is 45.5 Å². The minimum absolute atomic E-state index is 0.0586. The fraction of sp³-hybridized carbons (Fsp3) is 0.286. The monoisotopic (exact) mass is 573 g/mol. The zero-order valence-corrected chi connectivity index (χ0v) is 22.2. The lowest BCUT2D eigenvalue weighted by Crippen LogP contribution is -2.50. The molecule has 10 nitrogen and oxygen atoms in total. The molecule has 0 unspecified atom stereocenters. The third kappa shape index (κ3) is 7.94. The summed E-state index contributed by atoms with van der Waals surface area (Å²) < 4.78 is 51.0. The Morgan fingerprint density at radius 2 is 1.59 bits per heavy atom. The van der Waals surface area contributed by atoms with E-state index in [-0.39, 0.29) is 24.7 Å². The number of alkyl halides is 3. The molecule has 3 aromatic rings. The Hall–Kier alpha value is -4.65. The van der Waals surface area contributed by atoms with Crippen molar-refractivity contribution in [2.75, 3.05) is 67.4 Å². The molecular weight excluding hydrogens is 543 g/mol. The van der Waals surface area contributed by atoms with Gasteiger partial charge in [0.05, 0.1) is 25.0 Å². The molecule has 13 heteroatoms. The van der Waals surface area contributed by atoms with Crippen molar-refractivity contribution in [3.05, 3.63) is 72.3 Å². The molecule has 41 heavy (non-hydrogen) atoms. The Morgan fingerprint density at radius 1 is 0.878 bits per heavy atom. The third-order valence-electron chi connectivity index (χ3n) is 6.28. The molecule has 0 atom stereocenters. The summed E-state index contributed by atoms with van der Waals surface area (Å²) in [5.74, 6) is 0.562. The highest BCUT2D eigenvalue weighted by Crippen LogP contribution is 2.37. The SMILES string of the molecule is COc1cccc(NC(=O)Nc2ccc(N3CCN(C(=O)Nc4ccc(OCCO)cc4C(F)(F)F)CC3)cc2)c1. The van der Waals surface area contributed by atoms with Crippen molar-refractivity contribution in [1.29, 1.82) is 0 Å². The van der Waals surface area contributed by atoms with E-state index in [9.17, 15) is 22.8 Å². The number of piperazine rings is 1. The summed E-state index contributed by atoms with van der Waals surface area (Å²) in [6.07, 6.45) is -4.71. The van der Waals surface area contributed by atoms with E-state index in [0.29, 0.717) is 43.3 Å². The van der Waals surface area contributed by atoms with E-state index in [1.165, 1.54) is 11.0 Å². The maximum Gasteiger partial charge on any atom is 0.418 e. The first-order valence-electron chi connectivity index (χ1n) is 12.7. The predicted octanol–water partition coefficient (Wildman–Crippen LogP) is 5.08. The smallest absolute Gasteiger partial charge is 0.418 e. The van der Waals surface area contributed by atoms with E-state index in [2.05, 4.69) is 16.0 Å². The van der Waals surface area contributed by atoms with E-state index >= 15 is 0 Å². The predicted molar refractivity (Wildman–Crippen MR) is 149 cm³/mol. The van der Waals surface area contributed by atoms with Crippen LogP contribution in [-0.2, 0) is 6.18 Å². The number of carbonyl (C=O) groups excluding carboxylic acids is 2. The van der Waals surface area contributed by atoms with Crippen molar-refractivity contribution in [3.63, 3.8) is 0 Å². The Kier molecular flexibility index (Phi) is 9.40. The van der Waals surface area contributed by atoms with E-state index in [4.69, 9.17) is 14.6 Å². The first-order valence-corrected chi connectivity index (χ1v) is 12.7. The number of aliphatic hydroxyl groups is 1. The molecule has 3 aromatic carbocycles. The summed E-state index contributed by atoms with van der Waals surface area (Å²) >= 11 is 0. The van der Waals surface area contributed by atoms with Gasteiger partial charge in [-0.2, -0.15) is 13.2 Å². The second-order valence-corrected chi connectivity index (χ2v) is 9.04. The summed E-state index contributed by atoms with van der Waals surface area (Å²) in [6.45, 7) is 1.05. The average molecular weight is 574 g/mol. The molecule has 0 saturated carbocycles. The second kappa shape index (κ2) is 13.1. The van der Waals surface area contributed by atoms with E-state index in [1.807, 2.05) is 17.0 Å². The van der Waals surface area contributed by atoms with Crippen molar-refractivity contribution in [3.8, 4) is 11.5 Å². The highest BCUT2D eigenvalue weighted by molar-refractivity contribution is 6.00. The van der Waals surface area contributed by atoms with Crippen molar-refractivity contribution >= 4 is 34.8 Å². The molecule has 0 aliphatic carbocycles. The van der Waals surface area contributed by atoms with Crippen LogP contribution in [0, 0.1) is 0 Å². The molecule has 1 heterocycles. The van der Waals surface area contributed by atoms with Gasteiger partial charge in [-0.05, 0) is 54.6 Å². The summed E-state index contributed by atoms with van der Waals surface area (Å²) in [4.78, 5) is 28.6. The number of methoxy groups -OCH3 is 1. The van der Waals surface area contributed by atoms with Crippen LogP contribution in [0.3, 0.4) is 0 Å². The molecule has 1 fully saturated rings. The minimum Gasteiger partial charge on any atom is -0.497 e. The van der Waals surface area contributed by atoms with Crippen molar-refractivity contribution < 1.29 is 37.3 Å². The van der Waals surface area contributed by atoms with Crippen LogP contribution in [0.5, 0.6) is 11.5 Å². The van der Waals surface area contributed by atoms with Gasteiger partial charge < -0.3 is 40.3 Å². The van der Waals surface area contributed by atoms with Gasteiger partial charge in [0.15, 0.2) is 0 Å². The normalized spacial score (nSPS) is 13.4. The second-order valence-electron chi connectivity index (χ2n) is 9.04. The maximum absolute atomic E-state index is 13.6. The number of halogens is 3. The topological polar surface area (TPSA) is 115 Å². The van der Waals surface area contributed by atoms with Crippen LogP contribution in [0.1, 0.15) is 5.56 Å². The molecule has 0 spiro atoms. The number of nitrogens with zero attached hydrogens (tertiary/aromatic N) is 2. The quantitative estimate of drug-likeness (QED) is 0.299. The van der Waals surface area contributed by atoms with Gasteiger partial charge in [0, 0.05) is 49.3 Å². The molecule has 1 saturated heterocycles. The standard InChI is InChI=1S/C28H30F3N5O5/c1-40-22-4-2-3-20(17-22)33-26(38)32-19-5-7-21(8-6-19)35-11-13-36(14-12-35)27(39)34-25-10-9-23(41-16-15-37)18-24(25)28(29,30)31/h2-10,17-18,37H,11-16H2,1H3,(H,34,39)(H2,32,33,38). The number of urea groups is 2. The molecule has 4 rings (SSSR count). The summed E-state index contributed by atoms with van der Waals surface area (Å²) in [5, 5.41) is 16.7. The number of rotatable bonds is 8. The van der Waals surface area contributed by atoms with Crippen molar-refractivity contribution in [2.45, 2.75) is 6.18 Å². The number of aliphatic hydroxyl groups excluding tert-OH is 1. The number of anilines is 4. The molecular formula is C28H30F3N5O5.